The van der Waals surface area contributed by atoms with Crippen molar-refractivity contribution in [1.82, 2.24) is 5.32 Å². The summed E-state index contributed by atoms with van der Waals surface area (Å²) >= 11 is 6.36. The van der Waals surface area contributed by atoms with Crippen molar-refractivity contribution >= 4 is 11.6 Å². The minimum atomic E-state index is -0.848. The summed E-state index contributed by atoms with van der Waals surface area (Å²) in [7, 11) is 1.71. The van der Waals surface area contributed by atoms with Gasteiger partial charge in [0.1, 0.15) is 0 Å². The third-order valence-electron chi connectivity index (χ3n) is 4.47. The molecular formula is C17H26ClNO2. The Balaban J connectivity index is 2.18. The van der Waals surface area contributed by atoms with Crippen molar-refractivity contribution in [2.24, 2.45) is 5.92 Å². The molecule has 1 aliphatic heterocycles. The van der Waals surface area contributed by atoms with E-state index in [0.29, 0.717) is 5.02 Å². The largest absolute Gasteiger partial charge is 0.385 e. The number of halogens is 1. The van der Waals surface area contributed by atoms with Crippen molar-refractivity contribution < 1.29 is 9.84 Å². The van der Waals surface area contributed by atoms with Gasteiger partial charge in [0.2, 0.25) is 0 Å². The molecule has 1 aromatic carbocycles. The maximum absolute atomic E-state index is 11.4. The second-order valence-corrected chi connectivity index (χ2v) is 6.30. The second kappa shape index (κ2) is 8.14. The number of hydrogen-bond donors (Lipinski definition) is 2. The highest BCUT2D eigenvalue weighted by Gasteiger charge is 2.39. The SMILES string of the molecule is COCCCC[C@@](O)(c1ccccc1Cl)[C@@H]1CCCNC1. The molecule has 0 aromatic heterocycles. The van der Waals surface area contributed by atoms with Crippen molar-refractivity contribution in [3.05, 3.63) is 34.9 Å². The van der Waals surface area contributed by atoms with E-state index in [1.54, 1.807) is 7.11 Å². The van der Waals surface area contributed by atoms with Crippen LogP contribution >= 0.6 is 11.6 Å². The predicted octanol–water partition coefficient (Wildman–Crippen LogP) is 3.34. The number of benzene rings is 1. The van der Waals surface area contributed by atoms with Crippen molar-refractivity contribution in [3.8, 4) is 0 Å². The Kier molecular flexibility index (Phi) is 6.49. The van der Waals surface area contributed by atoms with Crippen LogP contribution in [0.1, 0.15) is 37.7 Å². The van der Waals surface area contributed by atoms with Gasteiger partial charge in [0, 0.05) is 36.8 Å². The molecule has 0 bridgehead atoms. The zero-order chi connectivity index (χ0) is 15.1. The van der Waals surface area contributed by atoms with Crippen LogP contribution in [0.4, 0.5) is 0 Å². The summed E-state index contributed by atoms with van der Waals surface area (Å²) in [5, 5.41) is 15.5. The van der Waals surface area contributed by atoms with E-state index in [1.807, 2.05) is 24.3 Å². The van der Waals surface area contributed by atoms with Crippen LogP contribution in [-0.4, -0.2) is 31.9 Å². The van der Waals surface area contributed by atoms with Gasteiger partial charge in [-0.25, -0.2) is 0 Å². The minimum Gasteiger partial charge on any atom is -0.385 e. The maximum atomic E-state index is 11.4. The van der Waals surface area contributed by atoms with Gasteiger partial charge in [0.25, 0.3) is 0 Å². The van der Waals surface area contributed by atoms with Crippen LogP contribution in [-0.2, 0) is 10.3 Å². The first kappa shape index (κ1) is 16.8. The molecule has 1 aliphatic rings. The topological polar surface area (TPSA) is 41.5 Å². The molecule has 1 fully saturated rings. The molecule has 118 valence electrons. The molecule has 4 heteroatoms. The molecule has 1 saturated heterocycles. The lowest BCUT2D eigenvalue weighted by atomic mass is 9.74. The summed E-state index contributed by atoms with van der Waals surface area (Å²) in [6, 6.07) is 7.70. The lowest BCUT2D eigenvalue weighted by Gasteiger charge is -2.40. The van der Waals surface area contributed by atoms with E-state index in [1.165, 1.54) is 0 Å². The number of unbranched alkanes of at least 4 members (excludes halogenated alkanes) is 1. The molecule has 0 saturated carbocycles. The Hall–Kier alpha value is -0.610. The van der Waals surface area contributed by atoms with Crippen molar-refractivity contribution in [3.63, 3.8) is 0 Å². The van der Waals surface area contributed by atoms with Gasteiger partial charge in [-0.1, -0.05) is 29.8 Å². The predicted molar refractivity (Wildman–Crippen MR) is 86.7 cm³/mol. The fraction of sp³-hybridized carbons (Fsp3) is 0.647. The number of hydrogen-bond acceptors (Lipinski definition) is 3. The summed E-state index contributed by atoms with van der Waals surface area (Å²) in [5.41, 5.74) is 0.0252. The Morgan fingerprint density at radius 2 is 2.19 bits per heavy atom. The highest BCUT2D eigenvalue weighted by Crippen LogP contribution is 2.41. The third kappa shape index (κ3) is 4.19. The van der Waals surface area contributed by atoms with E-state index in [0.717, 1.165) is 57.4 Å². The van der Waals surface area contributed by atoms with E-state index < -0.39 is 5.60 Å². The summed E-state index contributed by atoms with van der Waals surface area (Å²) < 4.78 is 5.11. The number of aliphatic hydroxyl groups is 1. The zero-order valence-electron chi connectivity index (χ0n) is 12.8. The number of nitrogens with one attached hydrogen (secondary N) is 1. The maximum Gasteiger partial charge on any atom is 0.0951 e. The molecule has 1 aromatic rings. The summed E-state index contributed by atoms with van der Waals surface area (Å²) in [4.78, 5) is 0. The van der Waals surface area contributed by atoms with Gasteiger partial charge < -0.3 is 15.2 Å². The molecule has 0 unspecified atom stereocenters. The fourth-order valence-electron chi connectivity index (χ4n) is 3.27. The zero-order valence-corrected chi connectivity index (χ0v) is 13.5. The van der Waals surface area contributed by atoms with Crippen LogP contribution in [0.3, 0.4) is 0 Å². The molecule has 2 rings (SSSR count). The van der Waals surface area contributed by atoms with Gasteiger partial charge >= 0.3 is 0 Å². The number of methoxy groups -OCH3 is 1. The number of ether oxygens (including phenoxy) is 1. The first-order chi connectivity index (χ1) is 10.2. The smallest absolute Gasteiger partial charge is 0.0951 e. The van der Waals surface area contributed by atoms with Crippen molar-refractivity contribution in [1.29, 1.82) is 0 Å². The second-order valence-electron chi connectivity index (χ2n) is 5.90. The van der Waals surface area contributed by atoms with Crippen LogP contribution in [0.15, 0.2) is 24.3 Å². The van der Waals surface area contributed by atoms with Gasteiger partial charge in [-0.05, 0) is 44.7 Å². The van der Waals surface area contributed by atoms with Gasteiger partial charge in [-0.15, -0.1) is 0 Å². The van der Waals surface area contributed by atoms with E-state index in [2.05, 4.69) is 5.32 Å². The molecule has 2 atom stereocenters. The van der Waals surface area contributed by atoms with Crippen LogP contribution in [0.5, 0.6) is 0 Å². The highest BCUT2D eigenvalue weighted by atomic mass is 35.5. The lowest BCUT2D eigenvalue weighted by Crippen LogP contribution is -2.44. The summed E-state index contributed by atoms with van der Waals surface area (Å²) in [6.07, 6.45) is 4.77. The fourth-order valence-corrected chi connectivity index (χ4v) is 3.57. The van der Waals surface area contributed by atoms with E-state index in [9.17, 15) is 5.11 Å². The van der Waals surface area contributed by atoms with E-state index in [-0.39, 0.29) is 5.92 Å². The van der Waals surface area contributed by atoms with E-state index >= 15 is 0 Å². The van der Waals surface area contributed by atoms with Crippen molar-refractivity contribution in [2.45, 2.75) is 37.7 Å². The first-order valence-electron chi connectivity index (χ1n) is 7.85. The summed E-state index contributed by atoms with van der Waals surface area (Å²) in [6.45, 7) is 2.63. The monoisotopic (exact) mass is 311 g/mol. The molecule has 0 radical (unpaired) electrons. The molecule has 21 heavy (non-hydrogen) atoms. The van der Waals surface area contributed by atoms with Crippen LogP contribution in [0, 0.1) is 5.92 Å². The average Bonchev–Trinajstić information content (AvgIpc) is 2.53. The minimum absolute atomic E-state index is 0.216. The Bertz CT molecular complexity index is 435. The third-order valence-corrected chi connectivity index (χ3v) is 4.80. The standard InChI is InChI=1S/C17H26ClNO2/c1-21-12-5-4-10-17(20,14-7-6-11-19-13-14)15-8-2-3-9-16(15)18/h2-3,8-9,14,19-20H,4-7,10-13H2,1H3/t14-,17+/m1/s1. The molecule has 1 heterocycles. The Morgan fingerprint density at radius 1 is 1.38 bits per heavy atom. The Labute approximate surface area is 132 Å². The number of piperidine rings is 1. The van der Waals surface area contributed by atoms with Crippen LogP contribution in [0.25, 0.3) is 0 Å². The molecular weight excluding hydrogens is 286 g/mol. The van der Waals surface area contributed by atoms with Gasteiger partial charge in [-0.3, -0.25) is 0 Å². The van der Waals surface area contributed by atoms with Crippen molar-refractivity contribution in [2.75, 3.05) is 26.8 Å². The quantitative estimate of drug-likeness (QED) is 0.759. The Morgan fingerprint density at radius 3 is 2.86 bits per heavy atom. The molecule has 0 amide bonds. The van der Waals surface area contributed by atoms with Gasteiger partial charge in [0.15, 0.2) is 0 Å². The van der Waals surface area contributed by atoms with Gasteiger partial charge in [0.05, 0.1) is 5.60 Å². The molecule has 3 nitrogen and oxygen atoms in total. The van der Waals surface area contributed by atoms with Gasteiger partial charge in [-0.2, -0.15) is 0 Å². The summed E-state index contributed by atoms with van der Waals surface area (Å²) in [5.74, 6) is 0.216. The normalized spacial score (nSPS) is 22.0. The first-order valence-corrected chi connectivity index (χ1v) is 8.23. The lowest BCUT2D eigenvalue weighted by molar-refractivity contribution is -0.0433. The average molecular weight is 312 g/mol. The highest BCUT2D eigenvalue weighted by molar-refractivity contribution is 6.31. The molecule has 0 aliphatic carbocycles. The molecule has 2 N–H and O–H groups in total. The van der Waals surface area contributed by atoms with Crippen LogP contribution in [0.2, 0.25) is 5.02 Å². The number of rotatable bonds is 7. The van der Waals surface area contributed by atoms with Crippen LogP contribution < -0.4 is 5.32 Å². The van der Waals surface area contributed by atoms with E-state index in [4.69, 9.17) is 16.3 Å². The molecule has 0 spiro atoms.